The van der Waals surface area contributed by atoms with Crippen LogP contribution in [0.15, 0.2) is 24.3 Å². The molecular weight excluding hydrogens is 266 g/mol. The summed E-state index contributed by atoms with van der Waals surface area (Å²) in [7, 11) is 0. The van der Waals surface area contributed by atoms with Gasteiger partial charge in [-0.1, -0.05) is 26.0 Å². The van der Waals surface area contributed by atoms with Crippen LogP contribution in [0.4, 0.5) is 11.4 Å². The predicted molar refractivity (Wildman–Crippen MR) is 84.1 cm³/mol. The summed E-state index contributed by atoms with van der Waals surface area (Å²) in [5.74, 6) is -0.161. The highest BCUT2D eigenvalue weighted by Gasteiger charge is 2.27. The summed E-state index contributed by atoms with van der Waals surface area (Å²) in [6.07, 6.45) is 2.08. The molecule has 0 radical (unpaired) electrons. The summed E-state index contributed by atoms with van der Waals surface area (Å²) in [6.45, 7) is 4.94. The van der Waals surface area contributed by atoms with Gasteiger partial charge < -0.3 is 16.0 Å². The number of nitrogens with one attached hydrogen (secondary N) is 1. The lowest BCUT2D eigenvalue weighted by Crippen LogP contribution is -2.42. The fourth-order valence-electron chi connectivity index (χ4n) is 2.55. The average Bonchev–Trinajstić information content (AvgIpc) is 2.44. The van der Waals surface area contributed by atoms with Crippen LogP contribution in [0.3, 0.4) is 0 Å². The zero-order chi connectivity index (χ0) is 15.5. The van der Waals surface area contributed by atoms with Gasteiger partial charge in [-0.15, -0.1) is 0 Å². The Bertz CT molecular complexity index is 540. The molecule has 5 nitrogen and oxygen atoms in total. The number of hydrogen-bond acceptors (Lipinski definition) is 3. The molecule has 0 atom stereocenters. The van der Waals surface area contributed by atoms with Gasteiger partial charge >= 0.3 is 0 Å². The van der Waals surface area contributed by atoms with Crippen LogP contribution in [0.1, 0.15) is 33.1 Å². The lowest BCUT2D eigenvalue weighted by Gasteiger charge is -2.30. The first-order chi connectivity index (χ1) is 9.93. The minimum atomic E-state index is -0.150. The number of hydrogen-bond donors (Lipinski definition) is 2. The van der Waals surface area contributed by atoms with Gasteiger partial charge in [0.25, 0.3) is 0 Å². The van der Waals surface area contributed by atoms with Crippen LogP contribution in [-0.2, 0) is 9.59 Å². The molecule has 114 valence electrons. The number of fused-ring (bicyclic) bond motifs is 1. The molecule has 0 fully saturated rings. The molecule has 0 saturated carbocycles. The van der Waals surface area contributed by atoms with E-state index in [-0.39, 0.29) is 23.8 Å². The van der Waals surface area contributed by atoms with Crippen LogP contribution < -0.4 is 16.0 Å². The molecule has 0 unspecified atom stereocenters. The maximum Gasteiger partial charge on any atom is 0.244 e. The van der Waals surface area contributed by atoms with Gasteiger partial charge in [-0.3, -0.25) is 9.59 Å². The molecule has 0 saturated heterocycles. The van der Waals surface area contributed by atoms with Crippen molar-refractivity contribution in [2.45, 2.75) is 33.1 Å². The van der Waals surface area contributed by atoms with Crippen LogP contribution >= 0.6 is 0 Å². The first-order valence-electron chi connectivity index (χ1n) is 7.32. The van der Waals surface area contributed by atoms with Crippen molar-refractivity contribution in [2.75, 3.05) is 23.3 Å². The van der Waals surface area contributed by atoms with Crippen LogP contribution in [0, 0.1) is 5.41 Å². The number of anilines is 2. The molecule has 21 heavy (non-hydrogen) atoms. The second-order valence-electron chi connectivity index (χ2n) is 6.25. The highest BCUT2D eigenvalue weighted by atomic mass is 16.2. The largest absolute Gasteiger partial charge is 0.330 e. The fourth-order valence-corrected chi connectivity index (χ4v) is 2.55. The quantitative estimate of drug-likeness (QED) is 0.872. The lowest BCUT2D eigenvalue weighted by molar-refractivity contribution is -0.122. The van der Waals surface area contributed by atoms with E-state index in [4.69, 9.17) is 5.73 Å². The van der Waals surface area contributed by atoms with Crippen molar-refractivity contribution in [1.82, 2.24) is 0 Å². The third-order valence-electron chi connectivity index (χ3n) is 3.91. The SMILES string of the molecule is CC(C)(CCN)CCC(=O)N1CC(=O)Nc2ccccc21. The zero-order valence-electron chi connectivity index (χ0n) is 12.7. The Kier molecular flexibility index (Phi) is 4.63. The van der Waals surface area contributed by atoms with E-state index in [9.17, 15) is 9.59 Å². The number of amides is 2. The Morgan fingerprint density at radius 2 is 2.05 bits per heavy atom. The Labute approximate surface area is 125 Å². The molecule has 1 aliphatic heterocycles. The van der Waals surface area contributed by atoms with E-state index in [0.717, 1.165) is 18.5 Å². The van der Waals surface area contributed by atoms with Gasteiger partial charge in [0.15, 0.2) is 0 Å². The first kappa shape index (κ1) is 15.5. The Balaban J connectivity index is 2.08. The number of nitrogens with zero attached hydrogens (tertiary/aromatic N) is 1. The highest BCUT2D eigenvalue weighted by Crippen LogP contribution is 2.31. The molecule has 1 heterocycles. The van der Waals surface area contributed by atoms with Crippen molar-refractivity contribution in [3.05, 3.63) is 24.3 Å². The van der Waals surface area contributed by atoms with E-state index in [2.05, 4.69) is 19.2 Å². The second kappa shape index (κ2) is 6.26. The van der Waals surface area contributed by atoms with Crippen molar-refractivity contribution in [2.24, 2.45) is 11.1 Å². The van der Waals surface area contributed by atoms with Gasteiger partial charge in [0.2, 0.25) is 11.8 Å². The molecule has 1 aromatic rings. The molecule has 0 aromatic heterocycles. The highest BCUT2D eigenvalue weighted by molar-refractivity contribution is 6.09. The topological polar surface area (TPSA) is 75.4 Å². The average molecular weight is 289 g/mol. The van der Waals surface area contributed by atoms with Crippen LogP contribution in [0.25, 0.3) is 0 Å². The van der Waals surface area contributed by atoms with Crippen LogP contribution in [0.2, 0.25) is 0 Å². The van der Waals surface area contributed by atoms with Crippen molar-refractivity contribution in [3.63, 3.8) is 0 Å². The van der Waals surface area contributed by atoms with E-state index in [1.165, 1.54) is 0 Å². The molecule has 2 amide bonds. The third-order valence-corrected chi connectivity index (χ3v) is 3.91. The van der Waals surface area contributed by atoms with Crippen LogP contribution in [0.5, 0.6) is 0 Å². The maximum absolute atomic E-state index is 12.5. The van der Waals surface area contributed by atoms with Crippen LogP contribution in [-0.4, -0.2) is 24.9 Å². The van der Waals surface area contributed by atoms with Gasteiger partial charge in [0.05, 0.1) is 11.4 Å². The van der Waals surface area contributed by atoms with Crippen molar-refractivity contribution < 1.29 is 9.59 Å². The summed E-state index contributed by atoms with van der Waals surface area (Å²) < 4.78 is 0. The third kappa shape index (κ3) is 3.82. The van der Waals surface area contributed by atoms with Gasteiger partial charge in [-0.2, -0.15) is 0 Å². The first-order valence-corrected chi connectivity index (χ1v) is 7.32. The number of carbonyl (C=O) groups is 2. The molecule has 2 rings (SSSR count). The summed E-state index contributed by atoms with van der Waals surface area (Å²) >= 11 is 0. The van der Waals surface area contributed by atoms with Gasteiger partial charge in [-0.05, 0) is 36.9 Å². The van der Waals surface area contributed by atoms with E-state index in [1.54, 1.807) is 4.90 Å². The molecule has 1 aliphatic rings. The standard InChI is InChI=1S/C16H23N3O2/c1-16(2,9-10-17)8-7-15(21)19-11-14(20)18-12-5-3-4-6-13(12)19/h3-6H,7-11,17H2,1-2H3,(H,18,20). The van der Waals surface area contributed by atoms with E-state index in [0.29, 0.717) is 18.7 Å². The summed E-state index contributed by atoms with van der Waals surface area (Å²) in [4.78, 5) is 25.8. The number of carbonyl (C=O) groups excluding carboxylic acids is 2. The summed E-state index contributed by atoms with van der Waals surface area (Å²) in [6, 6.07) is 7.38. The van der Waals surface area contributed by atoms with Gasteiger partial charge in [0.1, 0.15) is 6.54 Å². The van der Waals surface area contributed by atoms with E-state index >= 15 is 0 Å². The summed E-state index contributed by atoms with van der Waals surface area (Å²) in [5.41, 5.74) is 7.11. The number of benzene rings is 1. The molecule has 1 aromatic carbocycles. The molecule has 0 spiro atoms. The minimum absolute atomic E-state index is 0.0117. The van der Waals surface area contributed by atoms with Gasteiger partial charge in [0, 0.05) is 6.42 Å². The normalized spacial score (nSPS) is 14.6. The Morgan fingerprint density at radius 3 is 2.76 bits per heavy atom. The molecule has 3 N–H and O–H groups in total. The van der Waals surface area contributed by atoms with Crippen molar-refractivity contribution in [1.29, 1.82) is 0 Å². The fraction of sp³-hybridized carbons (Fsp3) is 0.500. The maximum atomic E-state index is 12.5. The van der Waals surface area contributed by atoms with E-state index < -0.39 is 0 Å². The lowest BCUT2D eigenvalue weighted by atomic mass is 9.84. The Hall–Kier alpha value is -1.88. The summed E-state index contributed by atoms with van der Waals surface area (Å²) in [5, 5.41) is 2.79. The number of nitrogens with two attached hydrogens (primary N) is 1. The molecule has 0 bridgehead atoms. The predicted octanol–water partition coefficient (Wildman–Crippen LogP) is 2.13. The molecule has 5 heteroatoms. The number of para-hydroxylation sites is 2. The van der Waals surface area contributed by atoms with Crippen molar-refractivity contribution in [3.8, 4) is 0 Å². The minimum Gasteiger partial charge on any atom is -0.330 e. The van der Waals surface area contributed by atoms with E-state index in [1.807, 2.05) is 24.3 Å². The molecular formula is C16H23N3O2. The van der Waals surface area contributed by atoms with Gasteiger partial charge in [-0.25, -0.2) is 0 Å². The smallest absolute Gasteiger partial charge is 0.244 e. The second-order valence-corrected chi connectivity index (χ2v) is 6.25. The monoisotopic (exact) mass is 289 g/mol. The van der Waals surface area contributed by atoms with Crippen molar-refractivity contribution >= 4 is 23.2 Å². The molecule has 0 aliphatic carbocycles. The Morgan fingerprint density at radius 1 is 1.33 bits per heavy atom. The zero-order valence-corrected chi connectivity index (χ0v) is 12.7. The number of rotatable bonds is 5.